The highest BCUT2D eigenvalue weighted by Gasteiger charge is 2.27. The number of nitrogens with zero attached hydrogens (tertiary/aromatic N) is 3. The van der Waals surface area contributed by atoms with E-state index in [0.29, 0.717) is 36.1 Å². The van der Waals surface area contributed by atoms with Gasteiger partial charge >= 0.3 is 0 Å². The Balaban J connectivity index is 0.00000243. The average molecular weight is 492 g/mol. The number of guanidine groups is 1. The number of likely N-dealkylation sites (tertiary alicyclic amines) is 1. The van der Waals surface area contributed by atoms with Crippen LogP contribution in [-0.2, 0) is 16.6 Å². The third-order valence-electron chi connectivity index (χ3n) is 5.00. The zero-order valence-corrected chi connectivity index (χ0v) is 18.3. The summed E-state index contributed by atoms with van der Waals surface area (Å²) in [5.41, 5.74) is 6.83. The number of nitrogens with two attached hydrogens (primary N) is 1. The van der Waals surface area contributed by atoms with Gasteiger partial charge in [-0.2, -0.15) is 4.31 Å². The van der Waals surface area contributed by atoms with Crippen molar-refractivity contribution in [3.8, 4) is 0 Å². The first-order chi connectivity index (χ1) is 12.1. The molecule has 6 nitrogen and oxygen atoms in total. The van der Waals surface area contributed by atoms with E-state index in [2.05, 4.69) is 9.89 Å². The molecule has 26 heavy (non-hydrogen) atoms. The minimum Gasteiger partial charge on any atom is -0.370 e. The van der Waals surface area contributed by atoms with Crippen LogP contribution in [0.1, 0.15) is 44.1 Å². The van der Waals surface area contributed by atoms with Crippen LogP contribution in [0.25, 0.3) is 0 Å². The van der Waals surface area contributed by atoms with Crippen molar-refractivity contribution < 1.29 is 8.42 Å². The third kappa shape index (κ3) is 5.10. The Bertz CT molecular complexity index is 712. The second-order valence-corrected chi connectivity index (χ2v) is 8.70. The van der Waals surface area contributed by atoms with Gasteiger partial charge in [-0.05, 0) is 43.7 Å². The summed E-state index contributed by atoms with van der Waals surface area (Å²) >= 11 is 0. The molecular weight excluding hydrogens is 463 g/mol. The summed E-state index contributed by atoms with van der Waals surface area (Å²) in [6.07, 6.45) is 6.47. The molecule has 0 atom stereocenters. The molecule has 0 bridgehead atoms. The van der Waals surface area contributed by atoms with Crippen LogP contribution in [0.2, 0.25) is 0 Å². The first-order valence-corrected chi connectivity index (χ1v) is 10.7. The van der Waals surface area contributed by atoms with Crippen molar-refractivity contribution in [2.75, 3.05) is 26.2 Å². The van der Waals surface area contributed by atoms with Gasteiger partial charge in [0.25, 0.3) is 0 Å². The van der Waals surface area contributed by atoms with Gasteiger partial charge in [0.05, 0.1) is 11.4 Å². The minimum absolute atomic E-state index is 0. The number of piperidine rings is 2. The van der Waals surface area contributed by atoms with Crippen molar-refractivity contribution in [2.45, 2.75) is 50.0 Å². The molecule has 2 heterocycles. The fraction of sp³-hybridized carbons (Fsp3) is 0.611. The number of hydrogen-bond acceptors (Lipinski definition) is 3. The Morgan fingerprint density at radius 2 is 1.54 bits per heavy atom. The molecule has 2 aliphatic rings. The van der Waals surface area contributed by atoms with Crippen molar-refractivity contribution in [2.24, 2.45) is 10.7 Å². The number of halogens is 1. The average Bonchev–Trinajstić information content (AvgIpc) is 2.67. The quantitative estimate of drug-likeness (QED) is 0.399. The predicted molar refractivity (Wildman–Crippen MR) is 115 cm³/mol. The lowest BCUT2D eigenvalue weighted by atomic mass is 10.1. The van der Waals surface area contributed by atoms with Crippen molar-refractivity contribution in [3.05, 3.63) is 29.8 Å². The number of hydrogen-bond donors (Lipinski definition) is 1. The first kappa shape index (κ1) is 21.4. The first-order valence-electron chi connectivity index (χ1n) is 9.22. The fourth-order valence-electron chi connectivity index (χ4n) is 3.52. The van der Waals surface area contributed by atoms with E-state index in [0.717, 1.165) is 45.2 Å². The topological polar surface area (TPSA) is 79.0 Å². The van der Waals surface area contributed by atoms with E-state index in [9.17, 15) is 8.42 Å². The lowest BCUT2D eigenvalue weighted by Gasteiger charge is -2.28. The molecule has 146 valence electrons. The number of benzene rings is 1. The van der Waals surface area contributed by atoms with Gasteiger partial charge < -0.3 is 10.6 Å². The smallest absolute Gasteiger partial charge is 0.243 e. The molecule has 1 aromatic rings. The van der Waals surface area contributed by atoms with E-state index in [1.165, 1.54) is 6.42 Å². The molecule has 2 saturated heterocycles. The molecule has 2 N–H and O–H groups in total. The van der Waals surface area contributed by atoms with Gasteiger partial charge in [0, 0.05) is 26.2 Å². The van der Waals surface area contributed by atoms with Crippen LogP contribution in [0, 0.1) is 0 Å². The van der Waals surface area contributed by atoms with Crippen molar-refractivity contribution in [1.29, 1.82) is 0 Å². The molecule has 2 fully saturated rings. The van der Waals surface area contributed by atoms with E-state index in [-0.39, 0.29) is 24.0 Å². The summed E-state index contributed by atoms with van der Waals surface area (Å²) in [7, 11) is -3.46. The lowest BCUT2D eigenvalue weighted by Crippen LogP contribution is -2.40. The third-order valence-corrected chi connectivity index (χ3v) is 7.00. The van der Waals surface area contributed by atoms with Gasteiger partial charge in [0.1, 0.15) is 0 Å². The van der Waals surface area contributed by atoms with Crippen LogP contribution in [0.15, 0.2) is 34.2 Å². The Kier molecular flexibility index (Phi) is 8.15. The zero-order chi connectivity index (χ0) is 17.7. The van der Waals surface area contributed by atoms with Gasteiger partial charge in [0.2, 0.25) is 10.0 Å². The predicted octanol–water partition coefficient (Wildman–Crippen LogP) is 2.78. The molecule has 2 aliphatic heterocycles. The van der Waals surface area contributed by atoms with Crippen LogP contribution < -0.4 is 5.73 Å². The Morgan fingerprint density at radius 3 is 2.19 bits per heavy atom. The van der Waals surface area contributed by atoms with Crippen molar-refractivity contribution in [3.63, 3.8) is 0 Å². The van der Waals surface area contributed by atoms with Crippen molar-refractivity contribution in [1.82, 2.24) is 9.21 Å². The maximum atomic E-state index is 13.0. The van der Waals surface area contributed by atoms with Crippen LogP contribution in [0.4, 0.5) is 0 Å². The Morgan fingerprint density at radius 1 is 0.962 bits per heavy atom. The molecule has 0 amide bonds. The van der Waals surface area contributed by atoms with Crippen LogP contribution in [0.3, 0.4) is 0 Å². The van der Waals surface area contributed by atoms with E-state index < -0.39 is 10.0 Å². The van der Waals surface area contributed by atoms with Gasteiger partial charge in [-0.1, -0.05) is 24.6 Å². The van der Waals surface area contributed by atoms with Crippen LogP contribution >= 0.6 is 24.0 Å². The summed E-state index contributed by atoms with van der Waals surface area (Å²) < 4.78 is 27.6. The van der Waals surface area contributed by atoms with Crippen LogP contribution in [0.5, 0.6) is 0 Å². The molecule has 0 aliphatic carbocycles. The van der Waals surface area contributed by atoms with Gasteiger partial charge in [-0.25, -0.2) is 13.4 Å². The summed E-state index contributed by atoms with van der Waals surface area (Å²) in [4.78, 5) is 6.93. The second kappa shape index (κ2) is 9.89. The maximum absolute atomic E-state index is 13.0. The normalized spacial score (nSPS) is 19.8. The molecule has 0 spiro atoms. The molecule has 3 rings (SSSR count). The van der Waals surface area contributed by atoms with Gasteiger partial charge in [0.15, 0.2) is 5.96 Å². The summed E-state index contributed by atoms with van der Waals surface area (Å²) in [6.45, 7) is 3.38. The summed E-state index contributed by atoms with van der Waals surface area (Å²) in [6, 6.07) is 7.16. The zero-order valence-electron chi connectivity index (χ0n) is 15.1. The highest BCUT2D eigenvalue weighted by atomic mass is 127. The van der Waals surface area contributed by atoms with Gasteiger partial charge in [-0.15, -0.1) is 24.0 Å². The van der Waals surface area contributed by atoms with E-state index in [1.807, 2.05) is 12.1 Å². The molecule has 1 aromatic carbocycles. The van der Waals surface area contributed by atoms with E-state index in [4.69, 9.17) is 5.73 Å². The lowest BCUT2D eigenvalue weighted by molar-refractivity contribution is 0.338. The highest BCUT2D eigenvalue weighted by molar-refractivity contribution is 14.0. The standard InChI is InChI=1S/C18H28N4O2S.HI/c19-18(21-11-5-1-6-12-21)20-15-16-9-3-4-10-17(16)25(23,24)22-13-7-2-8-14-22;/h3-4,9-10H,1-2,5-8,11-15H2,(H2,19,20);1H. The van der Waals surface area contributed by atoms with Crippen LogP contribution in [-0.4, -0.2) is 49.8 Å². The SMILES string of the molecule is I.NC(=NCc1ccccc1S(=O)(=O)N1CCCCC1)N1CCCCC1. The number of sulfonamides is 1. The summed E-state index contributed by atoms with van der Waals surface area (Å²) in [5.74, 6) is 0.518. The molecule has 8 heteroatoms. The molecule has 0 saturated carbocycles. The second-order valence-electron chi connectivity index (χ2n) is 6.79. The Labute approximate surface area is 173 Å². The van der Waals surface area contributed by atoms with E-state index >= 15 is 0 Å². The Hall–Kier alpha value is -0.870. The number of rotatable bonds is 4. The molecular formula is C18H29IN4O2S. The minimum atomic E-state index is -3.46. The molecule has 0 unspecified atom stereocenters. The maximum Gasteiger partial charge on any atom is 0.243 e. The monoisotopic (exact) mass is 492 g/mol. The number of aliphatic imine (C=N–C) groups is 1. The largest absolute Gasteiger partial charge is 0.370 e. The van der Waals surface area contributed by atoms with E-state index in [1.54, 1.807) is 16.4 Å². The van der Waals surface area contributed by atoms with Gasteiger partial charge in [-0.3, -0.25) is 0 Å². The molecule has 0 aromatic heterocycles. The highest BCUT2D eigenvalue weighted by Crippen LogP contribution is 2.24. The van der Waals surface area contributed by atoms with Crippen molar-refractivity contribution >= 4 is 40.0 Å². The fourth-order valence-corrected chi connectivity index (χ4v) is 5.25. The molecule has 0 radical (unpaired) electrons. The summed E-state index contributed by atoms with van der Waals surface area (Å²) in [5, 5.41) is 0.